The van der Waals surface area contributed by atoms with Crippen molar-refractivity contribution >= 4 is 23.4 Å². The summed E-state index contributed by atoms with van der Waals surface area (Å²) in [7, 11) is 0. The number of nitrogens with zero attached hydrogens (tertiary/aromatic N) is 2. The molecule has 1 N–H and O–H groups in total. The maximum atomic E-state index is 13.0. The van der Waals surface area contributed by atoms with E-state index in [0.717, 1.165) is 0 Å². The molecule has 3 amide bonds. The molecule has 24 heavy (non-hydrogen) atoms. The van der Waals surface area contributed by atoms with Gasteiger partial charge in [0.25, 0.3) is 0 Å². The van der Waals surface area contributed by atoms with E-state index in [1.165, 1.54) is 25.1 Å². The van der Waals surface area contributed by atoms with Gasteiger partial charge in [-0.1, -0.05) is 0 Å². The van der Waals surface area contributed by atoms with Crippen LogP contribution in [0.5, 0.6) is 0 Å². The van der Waals surface area contributed by atoms with E-state index < -0.39 is 0 Å². The summed E-state index contributed by atoms with van der Waals surface area (Å²) in [5, 5.41) is 2.69. The first-order valence-corrected chi connectivity index (χ1v) is 7.96. The molecule has 0 atom stereocenters. The van der Waals surface area contributed by atoms with Crippen LogP contribution in [-0.2, 0) is 14.4 Å². The molecule has 0 bridgehead atoms. The van der Waals surface area contributed by atoms with Crippen molar-refractivity contribution < 1.29 is 18.8 Å². The number of hydrogen-bond donors (Lipinski definition) is 1. The minimum atomic E-state index is -0.356. The Hall–Kier alpha value is -2.44. The summed E-state index contributed by atoms with van der Waals surface area (Å²) in [6, 6.07) is 4.13. The van der Waals surface area contributed by atoms with Crippen LogP contribution in [0.1, 0.15) is 25.3 Å². The number of nitrogens with one attached hydrogen (secondary N) is 1. The maximum absolute atomic E-state index is 13.0. The summed E-state index contributed by atoms with van der Waals surface area (Å²) in [6.45, 7) is 5.27. The standard InChI is InChI=1S/C17H22FN3O3/c1-12-11-14(18)3-4-15(12)19-16(23)5-6-17(24)21-9-7-20(8-10-21)13(2)22/h3-4,11H,5-10H2,1-2H3,(H,19,23). The van der Waals surface area contributed by atoms with Crippen molar-refractivity contribution in [3.8, 4) is 0 Å². The van der Waals surface area contributed by atoms with Crippen LogP contribution in [0.3, 0.4) is 0 Å². The van der Waals surface area contributed by atoms with Gasteiger partial charge in [-0.25, -0.2) is 4.39 Å². The Morgan fingerprint density at radius 2 is 1.71 bits per heavy atom. The first-order valence-electron chi connectivity index (χ1n) is 7.96. The highest BCUT2D eigenvalue weighted by Crippen LogP contribution is 2.16. The molecule has 0 radical (unpaired) electrons. The van der Waals surface area contributed by atoms with Gasteiger partial charge in [0.1, 0.15) is 5.82 Å². The Kier molecular flexibility index (Phi) is 5.89. The normalized spacial score (nSPS) is 14.5. The van der Waals surface area contributed by atoms with Crippen molar-refractivity contribution in [1.82, 2.24) is 9.80 Å². The molecule has 0 aliphatic carbocycles. The van der Waals surface area contributed by atoms with Crippen molar-refractivity contribution in [2.45, 2.75) is 26.7 Å². The summed E-state index contributed by atoms with van der Waals surface area (Å²) in [5.74, 6) is -0.717. The number of carbonyl (C=O) groups excluding carboxylic acids is 3. The van der Waals surface area contributed by atoms with Gasteiger partial charge in [-0.15, -0.1) is 0 Å². The fraction of sp³-hybridized carbons (Fsp3) is 0.471. The first kappa shape index (κ1) is 17.9. The van der Waals surface area contributed by atoms with Crippen molar-refractivity contribution in [3.63, 3.8) is 0 Å². The summed E-state index contributed by atoms with van der Waals surface area (Å²) in [5.41, 5.74) is 1.18. The van der Waals surface area contributed by atoms with Crippen LogP contribution >= 0.6 is 0 Å². The minimum absolute atomic E-state index is 0.0103. The van der Waals surface area contributed by atoms with E-state index in [1.807, 2.05) is 0 Å². The van der Waals surface area contributed by atoms with Gasteiger partial charge in [0.05, 0.1) is 0 Å². The number of carbonyl (C=O) groups is 3. The summed E-state index contributed by atoms with van der Waals surface area (Å²) < 4.78 is 13.0. The molecule has 1 fully saturated rings. The van der Waals surface area contributed by atoms with Gasteiger partial charge in [0, 0.05) is 51.6 Å². The largest absolute Gasteiger partial charge is 0.339 e. The Morgan fingerprint density at radius 1 is 1.08 bits per heavy atom. The monoisotopic (exact) mass is 335 g/mol. The van der Waals surface area contributed by atoms with E-state index in [1.54, 1.807) is 16.7 Å². The number of aryl methyl sites for hydroxylation is 1. The van der Waals surface area contributed by atoms with Gasteiger partial charge in [0.2, 0.25) is 17.7 Å². The molecule has 130 valence electrons. The van der Waals surface area contributed by atoms with Gasteiger partial charge in [-0.05, 0) is 30.7 Å². The van der Waals surface area contributed by atoms with E-state index in [2.05, 4.69) is 5.32 Å². The number of benzene rings is 1. The van der Waals surface area contributed by atoms with Gasteiger partial charge in [0.15, 0.2) is 0 Å². The molecule has 1 aliphatic rings. The summed E-state index contributed by atoms with van der Waals surface area (Å²) in [4.78, 5) is 38.7. The zero-order chi connectivity index (χ0) is 17.7. The molecule has 2 rings (SSSR count). The lowest BCUT2D eigenvalue weighted by molar-refractivity contribution is -0.138. The molecule has 1 aromatic carbocycles. The molecule has 6 nitrogen and oxygen atoms in total. The molecule has 0 saturated carbocycles. The lowest BCUT2D eigenvalue weighted by Gasteiger charge is -2.34. The number of halogens is 1. The third-order valence-electron chi connectivity index (χ3n) is 4.11. The third-order valence-corrected chi connectivity index (χ3v) is 4.11. The average Bonchev–Trinajstić information content (AvgIpc) is 2.55. The maximum Gasteiger partial charge on any atom is 0.224 e. The lowest BCUT2D eigenvalue weighted by Crippen LogP contribution is -2.50. The predicted molar refractivity (Wildman–Crippen MR) is 87.8 cm³/mol. The van der Waals surface area contributed by atoms with Crippen LogP contribution in [0.25, 0.3) is 0 Å². The molecular weight excluding hydrogens is 313 g/mol. The molecule has 0 aromatic heterocycles. The Balaban J connectivity index is 1.77. The van der Waals surface area contributed by atoms with Crippen molar-refractivity contribution in [2.24, 2.45) is 0 Å². The molecule has 1 aromatic rings. The van der Waals surface area contributed by atoms with Crippen molar-refractivity contribution in [3.05, 3.63) is 29.6 Å². The number of amides is 3. The molecule has 1 aliphatic heterocycles. The zero-order valence-electron chi connectivity index (χ0n) is 14.0. The van der Waals surface area contributed by atoms with Gasteiger partial charge >= 0.3 is 0 Å². The van der Waals surface area contributed by atoms with Gasteiger partial charge < -0.3 is 15.1 Å². The quantitative estimate of drug-likeness (QED) is 0.907. The lowest BCUT2D eigenvalue weighted by atomic mass is 10.2. The second kappa shape index (κ2) is 7.90. The molecule has 0 unspecified atom stereocenters. The molecule has 1 saturated heterocycles. The Morgan fingerprint density at radius 3 is 2.29 bits per heavy atom. The second-order valence-electron chi connectivity index (χ2n) is 5.89. The van der Waals surface area contributed by atoms with Crippen molar-refractivity contribution in [1.29, 1.82) is 0 Å². The van der Waals surface area contributed by atoms with Crippen molar-refractivity contribution in [2.75, 3.05) is 31.5 Å². The topological polar surface area (TPSA) is 69.7 Å². The van der Waals surface area contributed by atoms with Gasteiger partial charge in [-0.3, -0.25) is 14.4 Å². The first-order chi connectivity index (χ1) is 11.4. The zero-order valence-corrected chi connectivity index (χ0v) is 14.0. The second-order valence-corrected chi connectivity index (χ2v) is 5.89. The minimum Gasteiger partial charge on any atom is -0.339 e. The summed E-state index contributed by atoms with van der Waals surface area (Å²) in [6.07, 6.45) is 0.189. The van der Waals surface area contributed by atoms with Crippen LogP contribution in [-0.4, -0.2) is 53.7 Å². The smallest absolute Gasteiger partial charge is 0.224 e. The van der Waals surface area contributed by atoms with Gasteiger partial charge in [-0.2, -0.15) is 0 Å². The van der Waals surface area contributed by atoms with E-state index >= 15 is 0 Å². The SMILES string of the molecule is CC(=O)N1CCN(C(=O)CCC(=O)Nc2ccc(F)cc2C)CC1. The highest BCUT2D eigenvalue weighted by molar-refractivity contribution is 5.93. The van der Waals surface area contributed by atoms with E-state index in [4.69, 9.17) is 0 Å². The average molecular weight is 335 g/mol. The van der Waals surface area contributed by atoms with E-state index in [0.29, 0.717) is 37.4 Å². The van der Waals surface area contributed by atoms with Crippen LogP contribution in [0.2, 0.25) is 0 Å². The third kappa shape index (κ3) is 4.78. The molecule has 7 heteroatoms. The molecule has 0 spiro atoms. The Bertz CT molecular complexity index is 640. The number of piperazine rings is 1. The predicted octanol–water partition coefficient (Wildman–Crippen LogP) is 1.54. The molecular formula is C17H22FN3O3. The van der Waals surface area contributed by atoms with E-state index in [-0.39, 0.29) is 36.4 Å². The fourth-order valence-corrected chi connectivity index (χ4v) is 2.63. The number of hydrogen-bond acceptors (Lipinski definition) is 3. The van der Waals surface area contributed by atoms with Crippen LogP contribution in [0, 0.1) is 12.7 Å². The Labute approximate surface area is 140 Å². The molecule has 1 heterocycles. The van der Waals surface area contributed by atoms with Crippen LogP contribution < -0.4 is 5.32 Å². The fourth-order valence-electron chi connectivity index (χ4n) is 2.63. The van der Waals surface area contributed by atoms with E-state index in [9.17, 15) is 18.8 Å². The highest BCUT2D eigenvalue weighted by Gasteiger charge is 2.22. The van der Waals surface area contributed by atoms with Crippen LogP contribution in [0.4, 0.5) is 10.1 Å². The number of rotatable bonds is 4. The number of anilines is 1. The highest BCUT2D eigenvalue weighted by atomic mass is 19.1. The van der Waals surface area contributed by atoms with Crippen LogP contribution in [0.15, 0.2) is 18.2 Å². The summed E-state index contributed by atoms with van der Waals surface area (Å²) >= 11 is 0.